The van der Waals surface area contributed by atoms with Crippen LogP contribution in [0.25, 0.3) is 23.0 Å². The van der Waals surface area contributed by atoms with E-state index >= 15 is 0 Å². The summed E-state index contributed by atoms with van der Waals surface area (Å²) in [6.07, 6.45) is -4.09. The number of aromatic nitrogens is 3. The van der Waals surface area contributed by atoms with Gasteiger partial charge in [-0.1, -0.05) is 5.16 Å². The van der Waals surface area contributed by atoms with Crippen LogP contribution in [0, 0.1) is 5.82 Å². The predicted octanol–water partition coefficient (Wildman–Crippen LogP) is 1.15. The van der Waals surface area contributed by atoms with Gasteiger partial charge in [0, 0.05) is 10.9 Å². The Kier molecular flexibility index (Phi) is 4.51. The highest BCUT2D eigenvalue weighted by atomic mass is 32.1. The SMILES string of the molecule is OC[C@H]1O[C@@H](c2nc(-c3nc(-c4ccc(F)cc4)no3)cs2)[C@H](O)[C@@H]1O. The zero-order chi connectivity index (χ0) is 18.3. The van der Waals surface area contributed by atoms with Gasteiger partial charge in [0.15, 0.2) is 0 Å². The third-order valence-corrected chi connectivity index (χ3v) is 4.96. The zero-order valence-corrected chi connectivity index (χ0v) is 14.0. The molecule has 4 atom stereocenters. The largest absolute Gasteiger partial charge is 0.394 e. The standard InChI is InChI=1S/C16H14FN3O5S/c17-8-3-1-7(2-4-8)14-19-15(25-20-14)9-6-26-16(18-9)13-12(23)11(22)10(5-21)24-13/h1-4,6,10-13,21-23H,5H2/t10-,11-,12-,13-/m1/s1. The molecule has 1 aliphatic rings. The minimum Gasteiger partial charge on any atom is -0.394 e. The second-order valence-corrected chi connectivity index (χ2v) is 6.65. The molecule has 2 aromatic heterocycles. The van der Waals surface area contributed by atoms with Crippen LogP contribution in [0.15, 0.2) is 34.2 Å². The zero-order valence-electron chi connectivity index (χ0n) is 13.2. The van der Waals surface area contributed by atoms with E-state index in [1.165, 1.54) is 35.6 Å². The number of hydrogen-bond acceptors (Lipinski definition) is 9. The molecule has 0 spiro atoms. The number of rotatable bonds is 4. The summed E-state index contributed by atoms with van der Waals surface area (Å²) in [5, 5.41) is 35.0. The van der Waals surface area contributed by atoms with Crippen molar-refractivity contribution in [3.63, 3.8) is 0 Å². The molecule has 3 N–H and O–H groups in total. The molecular formula is C16H14FN3O5S. The molecule has 10 heteroatoms. The van der Waals surface area contributed by atoms with Crippen LogP contribution >= 0.6 is 11.3 Å². The van der Waals surface area contributed by atoms with Gasteiger partial charge in [-0.15, -0.1) is 11.3 Å². The van der Waals surface area contributed by atoms with Crippen LogP contribution in [-0.2, 0) is 4.74 Å². The minimum absolute atomic E-state index is 0.165. The molecule has 0 amide bonds. The van der Waals surface area contributed by atoms with Crippen LogP contribution in [0.3, 0.4) is 0 Å². The van der Waals surface area contributed by atoms with Crippen molar-refractivity contribution in [1.82, 2.24) is 15.1 Å². The number of aliphatic hydroxyl groups excluding tert-OH is 3. The maximum atomic E-state index is 13.0. The Morgan fingerprint density at radius 2 is 1.88 bits per heavy atom. The Bertz CT molecular complexity index is 899. The van der Waals surface area contributed by atoms with Gasteiger partial charge in [0.25, 0.3) is 5.89 Å². The van der Waals surface area contributed by atoms with Crippen molar-refractivity contribution in [2.24, 2.45) is 0 Å². The van der Waals surface area contributed by atoms with Crippen molar-refractivity contribution < 1.29 is 29.0 Å². The summed E-state index contributed by atoms with van der Waals surface area (Å²) in [4.78, 5) is 8.56. The quantitative estimate of drug-likeness (QED) is 0.617. The first-order valence-electron chi connectivity index (χ1n) is 7.74. The number of aliphatic hydroxyl groups is 3. The van der Waals surface area contributed by atoms with Gasteiger partial charge >= 0.3 is 0 Å². The lowest BCUT2D eigenvalue weighted by Crippen LogP contribution is -2.32. The number of hydrogen-bond donors (Lipinski definition) is 3. The third-order valence-electron chi connectivity index (χ3n) is 4.06. The summed E-state index contributed by atoms with van der Waals surface area (Å²) < 4.78 is 23.6. The lowest BCUT2D eigenvalue weighted by atomic mass is 10.1. The highest BCUT2D eigenvalue weighted by Gasteiger charge is 2.44. The summed E-state index contributed by atoms with van der Waals surface area (Å²) in [6.45, 7) is -0.405. The molecule has 3 heterocycles. The summed E-state index contributed by atoms with van der Waals surface area (Å²) >= 11 is 1.20. The number of ether oxygens (including phenoxy) is 1. The summed E-state index contributed by atoms with van der Waals surface area (Å²) in [7, 11) is 0. The summed E-state index contributed by atoms with van der Waals surface area (Å²) in [5.74, 6) is 0.0983. The van der Waals surface area contributed by atoms with Crippen LogP contribution in [0.2, 0.25) is 0 Å². The number of benzene rings is 1. The molecule has 8 nitrogen and oxygen atoms in total. The Morgan fingerprint density at radius 3 is 2.58 bits per heavy atom. The Morgan fingerprint density at radius 1 is 1.12 bits per heavy atom. The van der Waals surface area contributed by atoms with E-state index in [-0.39, 0.29) is 11.7 Å². The second kappa shape index (κ2) is 6.82. The maximum absolute atomic E-state index is 13.0. The Balaban J connectivity index is 1.56. The van der Waals surface area contributed by atoms with Crippen LogP contribution < -0.4 is 0 Å². The molecule has 0 unspecified atom stereocenters. The van der Waals surface area contributed by atoms with Gasteiger partial charge < -0.3 is 24.6 Å². The lowest BCUT2D eigenvalue weighted by Gasteiger charge is -2.11. The topological polar surface area (TPSA) is 122 Å². The van der Waals surface area contributed by atoms with E-state index in [2.05, 4.69) is 15.1 Å². The minimum atomic E-state index is -1.19. The molecule has 0 aliphatic carbocycles. The molecule has 3 aromatic rings. The number of halogens is 1. The van der Waals surface area contributed by atoms with E-state index in [4.69, 9.17) is 14.4 Å². The average molecular weight is 379 g/mol. The van der Waals surface area contributed by atoms with Crippen molar-refractivity contribution in [1.29, 1.82) is 0 Å². The first-order chi connectivity index (χ1) is 12.6. The monoisotopic (exact) mass is 379 g/mol. The van der Waals surface area contributed by atoms with Crippen molar-refractivity contribution in [2.45, 2.75) is 24.4 Å². The first kappa shape index (κ1) is 17.2. The van der Waals surface area contributed by atoms with E-state index in [0.29, 0.717) is 22.1 Å². The molecule has 0 bridgehead atoms. The van der Waals surface area contributed by atoms with Crippen molar-refractivity contribution in [3.05, 3.63) is 40.5 Å². The van der Waals surface area contributed by atoms with Gasteiger partial charge in [-0.25, -0.2) is 9.37 Å². The van der Waals surface area contributed by atoms with E-state index in [0.717, 1.165) is 0 Å². The number of thiazole rings is 1. The van der Waals surface area contributed by atoms with Crippen LogP contribution in [0.5, 0.6) is 0 Å². The normalized spacial score (nSPS) is 25.7. The van der Waals surface area contributed by atoms with Gasteiger partial charge in [0.2, 0.25) is 5.82 Å². The summed E-state index contributed by atoms with van der Waals surface area (Å²) in [5.41, 5.74) is 0.990. The van der Waals surface area contributed by atoms with E-state index in [1.54, 1.807) is 5.38 Å². The molecular weight excluding hydrogens is 365 g/mol. The van der Waals surface area contributed by atoms with E-state index in [9.17, 15) is 14.6 Å². The fourth-order valence-corrected chi connectivity index (χ4v) is 3.53. The van der Waals surface area contributed by atoms with Gasteiger partial charge in [0.1, 0.15) is 40.9 Å². The second-order valence-electron chi connectivity index (χ2n) is 5.76. The lowest BCUT2D eigenvalue weighted by molar-refractivity contribution is -0.0227. The van der Waals surface area contributed by atoms with Crippen molar-refractivity contribution >= 4 is 11.3 Å². The average Bonchev–Trinajstić information content (AvgIpc) is 3.36. The molecule has 0 saturated carbocycles. The molecule has 4 rings (SSSR count). The fraction of sp³-hybridized carbons (Fsp3) is 0.312. The van der Waals surface area contributed by atoms with Gasteiger partial charge in [-0.2, -0.15) is 4.98 Å². The predicted molar refractivity (Wildman–Crippen MR) is 87.5 cm³/mol. The Labute approximate surface area is 150 Å². The Hall–Kier alpha value is -2.24. The maximum Gasteiger partial charge on any atom is 0.277 e. The molecule has 1 saturated heterocycles. The highest BCUT2D eigenvalue weighted by Crippen LogP contribution is 2.36. The van der Waals surface area contributed by atoms with Gasteiger partial charge in [0.05, 0.1) is 6.61 Å². The van der Waals surface area contributed by atoms with E-state index in [1.807, 2.05) is 0 Å². The molecule has 26 heavy (non-hydrogen) atoms. The van der Waals surface area contributed by atoms with Gasteiger partial charge in [-0.05, 0) is 24.3 Å². The van der Waals surface area contributed by atoms with Gasteiger partial charge in [-0.3, -0.25) is 0 Å². The molecule has 1 aromatic carbocycles. The summed E-state index contributed by atoms with van der Waals surface area (Å²) in [6, 6.07) is 5.67. The van der Waals surface area contributed by atoms with Crippen LogP contribution in [0.4, 0.5) is 4.39 Å². The molecule has 1 aliphatic heterocycles. The van der Waals surface area contributed by atoms with Crippen LogP contribution in [-0.4, -0.2) is 55.4 Å². The van der Waals surface area contributed by atoms with Crippen molar-refractivity contribution in [2.75, 3.05) is 6.61 Å². The smallest absolute Gasteiger partial charge is 0.277 e. The molecule has 1 fully saturated rings. The van der Waals surface area contributed by atoms with Crippen LogP contribution in [0.1, 0.15) is 11.1 Å². The molecule has 136 valence electrons. The number of nitrogens with zero attached hydrogens (tertiary/aromatic N) is 3. The molecule has 0 radical (unpaired) electrons. The van der Waals surface area contributed by atoms with E-state index < -0.39 is 31.0 Å². The van der Waals surface area contributed by atoms with Crippen molar-refractivity contribution in [3.8, 4) is 23.0 Å². The highest BCUT2D eigenvalue weighted by molar-refractivity contribution is 7.10. The first-order valence-corrected chi connectivity index (χ1v) is 8.62. The fourth-order valence-electron chi connectivity index (χ4n) is 2.66. The third kappa shape index (κ3) is 3.02.